The lowest BCUT2D eigenvalue weighted by Gasteiger charge is -2.04. The molecule has 2 heteroatoms. The lowest BCUT2D eigenvalue weighted by Crippen LogP contribution is -1.87. The van der Waals surface area contributed by atoms with E-state index in [1.807, 2.05) is 43.4 Å². The van der Waals surface area contributed by atoms with E-state index in [1.54, 1.807) is 13.2 Å². The highest BCUT2D eigenvalue weighted by Crippen LogP contribution is 2.20. The van der Waals surface area contributed by atoms with E-state index in [2.05, 4.69) is 0 Å². The third kappa shape index (κ3) is 3.39. The molecule has 0 bridgehead atoms. The second kappa shape index (κ2) is 5.91. The molecule has 0 N–H and O–H groups in total. The molecule has 0 aliphatic carbocycles. The molecular weight excluding hydrogens is 200 g/mol. The van der Waals surface area contributed by atoms with Crippen molar-refractivity contribution in [2.75, 3.05) is 7.11 Å². The van der Waals surface area contributed by atoms with Gasteiger partial charge in [0.1, 0.15) is 5.75 Å². The van der Waals surface area contributed by atoms with Gasteiger partial charge in [-0.15, -0.1) is 0 Å². The van der Waals surface area contributed by atoms with Gasteiger partial charge < -0.3 is 4.74 Å². The predicted molar refractivity (Wildman–Crippen MR) is 67.4 cm³/mol. The summed E-state index contributed by atoms with van der Waals surface area (Å²) in [6.45, 7) is 3.49. The lowest BCUT2D eigenvalue weighted by molar-refractivity contribution is -0.112. The van der Waals surface area contributed by atoms with Gasteiger partial charge in [-0.05, 0) is 43.2 Å². The molecule has 0 radical (unpaired) electrons. The highest BCUT2D eigenvalue weighted by atomic mass is 16.5. The Hall–Kier alpha value is -1.83. The van der Waals surface area contributed by atoms with Gasteiger partial charge >= 0.3 is 0 Å². The highest BCUT2D eigenvalue weighted by Gasteiger charge is 1.99. The molecule has 2 nitrogen and oxygen atoms in total. The third-order valence-corrected chi connectivity index (χ3v) is 2.14. The largest absolute Gasteiger partial charge is 0.497 e. The van der Waals surface area contributed by atoms with E-state index >= 15 is 0 Å². The molecule has 0 amide bonds. The molecule has 16 heavy (non-hydrogen) atoms. The standard InChI is InChI=1S/C14H16O2/c1-4-5-13-10-14(16-3)9-8-12(13)7-6-11(2)15/h4-10H,1-3H3/b5-4-,7-6+. The van der Waals surface area contributed by atoms with Gasteiger partial charge in [-0.25, -0.2) is 0 Å². The van der Waals surface area contributed by atoms with Crippen molar-refractivity contribution in [1.29, 1.82) is 0 Å². The topological polar surface area (TPSA) is 26.3 Å². The van der Waals surface area contributed by atoms with E-state index in [0.717, 1.165) is 16.9 Å². The van der Waals surface area contributed by atoms with Crippen molar-refractivity contribution < 1.29 is 9.53 Å². The average molecular weight is 216 g/mol. The zero-order chi connectivity index (χ0) is 12.0. The summed E-state index contributed by atoms with van der Waals surface area (Å²) >= 11 is 0. The molecule has 1 aromatic rings. The van der Waals surface area contributed by atoms with Gasteiger partial charge in [0.05, 0.1) is 7.11 Å². The van der Waals surface area contributed by atoms with Gasteiger partial charge in [-0.2, -0.15) is 0 Å². The first-order chi connectivity index (χ1) is 7.67. The SMILES string of the molecule is C/C=C\c1cc(OC)ccc1/C=C/C(C)=O. The van der Waals surface area contributed by atoms with Crippen molar-refractivity contribution in [1.82, 2.24) is 0 Å². The second-order valence-electron chi connectivity index (χ2n) is 3.44. The van der Waals surface area contributed by atoms with Crippen molar-refractivity contribution in [3.63, 3.8) is 0 Å². The van der Waals surface area contributed by atoms with Crippen LogP contribution in [0.15, 0.2) is 30.4 Å². The van der Waals surface area contributed by atoms with Gasteiger partial charge in [0.15, 0.2) is 5.78 Å². The van der Waals surface area contributed by atoms with Crippen molar-refractivity contribution >= 4 is 17.9 Å². The highest BCUT2D eigenvalue weighted by molar-refractivity contribution is 5.92. The maximum Gasteiger partial charge on any atom is 0.152 e. The number of hydrogen-bond donors (Lipinski definition) is 0. The number of allylic oxidation sites excluding steroid dienone is 2. The van der Waals surface area contributed by atoms with Crippen LogP contribution >= 0.6 is 0 Å². The maximum atomic E-state index is 10.9. The summed E-state index contributed by atoms with van der Waals surface area (Å²) in [4.78, 5) is 10.9. The third-order valence-electron chi connectivity index (χ3n) is 2.14. The smallest absolute Gasteiger partial charge is 0.152 e. The fourth-order valence-electron chi connectivity index (χ4n) is 1.36. The first-order valence-corrected chi connectivity index (χ1v) is 5.16. The number of carbonyl (C=O) groups is 1. The number of hydrogen-bond acceptors (Lipinski definition) is 2. The first-order valence-electron chi connectivity index (χ1n) is 5.16. The molecule has 0 heterocycles. The minimum atomic E-state index is 0.0437. The quantitative estimate of drug-likeness (QED) is 0.721. The van der Waals surface area contributed by atoms with Crippen molar-refractivity contribution in [3.8, 4) is 5.75 Å². The number of methoxy groups -OCH3 is 1. The molecule has 0 aliphatic rings. The number of carbonyl (C=O) groups excluding carboxylic acids is 1. The van der Waals surface area contributed by atoms with Crippen LogP contribution < -0.4 is 4.74 Å². The Morgan fingerprint density at radius 3 is 2.56 bits per heavy atom. The van der Waals surface area contributed by atoms with E-state index in [4.69, 9.17) is 4.74 Å². The summed E-state index contributed by atoms with van der Waals surface area (Å²) in [6.07, 6.45) is 7.33. The van der Waals surface area contributed by atoms with Crippen LogP contribution in [0.25, 0.3) is 12.2 Å². The normalized spacial score (nSPS) is 11.2. The Morgan fingerprint density at radius 2 is 2.00 bits per heavy atom. The van der Waals surface area contributed by atoms with Gasteiger partial charge in [-0.3, -0.25) is 4.79 Å². The molecule has 0 spiro atoms. The summed E-state index contributed by atoms with van der Waals surface area (Å²) in [5, 5.41) is 0. The first kappa shape index (κ1) is 12.2. The lowest BCUT2D eigenvalue weighted by atomic mass is 10.1. The Bertz CT molecular complexity index is 428. The molecular formula is C14H16O2. The van der Waals surface area contributed by atoms with Gasteiger partial charge in [0, 0.05) is 0 Å². The van der Waals surface area contributed by atoms with Crippen LogP contribution in [0, 0.1) is 0 Å². The molecule has 0 aliphatic heterocycles. The summed E-state index contributed by atoms with van der Waals surface area (Å²) in [5.74, 6) is 0.857. The monoisotopic (exact) mass is 216 g/mol. The molecule has 0 saturated carbocycles. The maximum absolute atomic E-state index is 10.9. The minimum Gasteiger partial charge on any atom is -0.497 e. The van der Waals surface area contributed by atoms with Crippen LogP contribution in [0.2, 0.25) is 0 Å². The van der Waals surface area contributed by atoms with E-state index in [9.17, 15) is 4.79 Å². The van der Waals surface area contributed by atoms with Crippen LogP contribution in [0.5, 0.6) is 5.75 Å². The number of ether oxygens (including phenoxy) is 1. The summed E-state index contributed by atoms with van der Waals surface area (Å²) in [6, 6.07) is 5.76. The van der Waals surface area contributed by atoms with Crippen LogP contribution in [0.1, 0.15) is 25.0 Å². The molecule has 0 atom stereocenters. The van der Waals surface area contributed by atoms with Crippen LogP contribution in [-0.2, 0) is 4.79 Å². The van der Waals surface area contributed by atoms with Crippen molar-refractivity contribution in [2.24, 2.45) is 0 Å². The number of rotatable bonds is 4. The number of ketones is 1. The molecule has 0 aromatic heterocycles. The zero-order valence-electron chi connectivity index (χ0n) is 9.86. The molecule has 0 saturated heterocycles. The summed E-state index contributed by atoms with van der Waals surface area (Å²) in [7, 11) is 1.64. The second-order valence-corrected chi connectivity index (χ2v) is 3.44. The molecule has 0 fully saturated rings. The van der Waals surface area contributed by atoms with E-state index < -0.39 is 0 Å². The number of benzene rings is 1. The predicted octanol–water partition coefficient (Wildman–Crippen LogP) is 3.33. The van der Waals surface area contributed by atoms with Gasteiger partial charge in [-0.1, -0.05) is 24.3 Å². The van der Waals surface area contributed by atoms with Crippen molar-refractivity contribution in [3.05, 3.63) is 41.5 Å². The summed E-state index contributed by atoms with van der Waals surface area (Å²) < 4.78 is 5.16. The molecule has 1 aromatic carbocycles. The van der Waals surface area contributed by atoms with Gasteiger partial charge in [0.25, 0.3) is 0 Å². The summed E-state index contributed by atoms with van der Waals surface area (Å²) in [5.41, 5.74) is 2.05. The van der Waals surface area contributed by atoms with Gasteiger partial charge in [0.2, 0.25) is 0 Å². The zero-order valence-corrected chi connectivity index (χ0v) is 9.86. The fourth-order valence-corrected chi connectivity index (χ4v) is 1.36. The van der Waals surface area contributed by atoms with E-state index in [0.29, 0.717) is 0 Å². The van der Waals surface area contributed by atoms with Crippen LogP contribution in [0.3, 0.4) is 0 Å². The Labute approximate surface area is 96.2 Å². The molecule has 1 rings (SSSR count). The van der Waals surface area contributed by atoms with E-state index in [1.165, 1.54) is 6.92 Å². The average Bonchev–Trinajstić information content (AvgIpc) is 2.27. The van der Waals surface area contributed by atoms with E-state index in [-0.39, 0.29) is 5.78 Å². The Balaban J connectivity index is 3.12. The van der Waals surface area contributed by atoms with Crippen molar-refractivity contribution in [2.45, 2.75) is 13.8 Å². The van der Waals surface area contributed by atoms with Crippen LogP contribution in [-0.4, -0.2) is 12.9 Å². The molecule has 0 unspecified atom stereocenters. The Morgan fingerprint density at radius 1 is 1.25 bits per heavy atom. The minimum absolute atomic E-state index is 0.0437. The Kier molecular flexibility index (Phi) is 4.52. The fraction of sp³-hybridized carbons (Fsp3) is 0.214. The van der Waals surface area contributed by atoms with Crippen LogP contribution in [0.4, 0.5) is 0 Å². The molecule has 84 valence electrons.